The second-order valence-electron chi connectivity index (χ2n) is 2.98. The van der Waals surface area contributed by atoms with Crippen LogP contribution in [0, 0.1) is 0 Å². The monoisotopic (exact) mass is 224 g/mol. The van der Waals surface area contributed by atoms with Gasteiger partial charge in [-0.1, -0.05) is 23.8 Å². The van der Waals surface area contributed by atoms with Crippen molar-refractivity contribution in [2.45, 2.75) is 13.3 Å². The zero-order valence-corrected chi connectivity index (χ0v) is 9.29. The van der Waals surface area contributed by atoms with Crippen LogP contribution < -0.4 is 5.32 Å². The van der Waals surface area contributed by atoms with Gasteiger partial charge in [0.05, 0.1) is 5.56 Å². The normalized spacial score (nSPS) is 10.5. The number of carbonyl (C=O) groups is 1. The van der Waals surface area contributed by atoms with Crippen LogP contribution in [0.3, 0.4) is 0 Å². The van der Waals surface area contributed by atoms with Gasteiger partial charge in [-0.2, -0.15) is 0 Å². The Morgan fingerprint density at radius 2 is 2.40 bits per heavy atom. The summed E-state index contributed by atoms with van der Waals surface area (Å²) in [5.74, 6) is -0.122. The SMILES string of the molecule is C/C=C/CCNC(=O)c1ccc(Cl)nc1. The summed E-state index contributed by atoms with van der Waals surface area (Å²) in [4.78, 5) is 15.3. The zero-order chi connectivity index (χ0) is 11.1. The van der Waals surface area contributed by atoms with Gasteiger partial charge in [-0.05, 0) is 25.5 Å². The largest absolute Gasteiger partial charge is 0.352 e. The van der Waals surface area contributed by atoms with Crippen molar-refractivity contribution in [2.75, 3.05) is 6.54 Å². The van der Waals surface area contributed by atoms with E-state index in [1.807, 2.05) is 19.1 Å². The highest BCUT2D eigenvalue weighted by Gasteiger charge is 2.03. The molecular formula is C11H13ClN2O. The van der Waals surface area contributed by atoms with Gasteiger partial charge >= 0.3 is 0 Å². The molecule has 0 atom stereocenters. The summed E-state index contributed by atoms with van der Waals surface area (Å²) in [7, 11) is 0. The smallest absolute Gasteiger partial charge is 0.252 e. The number of nitrogens with zero attached hydrogens (tertiary/aromatic N) is 1. The van der Waals surface area contributed by atoms with E-state index in [1.165, 1.54) is 6.20 Å². The summed E-state index contributed by atoms with van der Waals surface area (Å²) in [6.45, 7) is 2.58. The predicted octanol–water partition coefficient (Wildman–Crippen LogP) is 2.43. The lowest BCUT2D eigenvalue weighted by molar-refractivity contribution is 0.0954. The molecule has 1 amide bonds. The number of carbonyl (C=O) groups excluding carboxylic acids is 1. The van der Waals surface area contributed by atoms with Crippen molar-refractivity contribution in [1.29, 1.82) is 0 Å². The number of amides is 1. The first-order valence-electron chi connectivity index (χ1n) is 4.75. The van der Waals surface area contributed by atoms with Gasteiger partial charge in [0, 0.05) is 12.7 Å². The standard InChI is InChI=1S/C11H13ClN2O/c1-2-3-4-7-13-11(15)9-5-6-10(12)14-8-9/h2-3,5-6,8H,4,7H2,1H3,(H,13,15)/b3-2+. The van der Waals surface area contributed by atoms with Gasteiger partial charge in [-0.25, -0.2) is 4.98 Å². The maximum absolute atomic E-state index is 11.5. The number of halogens is 1. The molecule has 0 aromatic carbocycles. The molecule has 80 valence electrons. The summed E-state index contributed by atoms with van der Waals surface area (Å²) in [6, 6.07) is 3.25. The van der Waals surface area contributed by atoms with Crippen molar-refractivity contribution in [3.05, 3.63) is 41.2 Å². The number of aromatic nitrogens is 1. The summed E-state index contributed by atoms with van der Waals surface area (Å²) in [5.41, 5.74) is 0.528. The van der Waals surface area contributed by atoms with Crippen LogP contribution in [0.2, 0.25) is 5.15 Å². The summed E-state index contributed by atoms with van der Waals surface area (Å²) in [6.07, 6.45) is 6.26. The Morgan fingerprint density at radius 3 is 3.00 bits per heavy atom. The van der Waals surface area contributed by atoms with Gasteiger partial charge in [0.2, 0.25) is 0 Å². The van der Waals surface area contributed by atoms with Crippen molar-refractivity contribution in [3.63, 3.8) is 0 Å². The maximum atomic E-state index is 11.5. The third kappa shape index (κ3) is 4.13. The minimum absolute atomic E-state index is 0.122. The maximum Gasteiger partial charge on any atom is 0.252 e. The van der Waals surface area contributed by atoms with Crippen LogP contribution in [-0.4, -0.2) is 17.4 Å². The van der Waals surface area contributed by atoms with Gasteiger partial charge in [-0.3, -0.25) is 4.79 Å². The first kappa shape index (κ1) is 11.7. The number of hydrogen-bond acceptors (Lipinski definition) is 2. The van der Waals surface area contributed by atoms with E-state index < -0.39 is 0 Å². The van der Waals surface area contributed by atoms with Crippen LogP contribution in [0.15, 0.2) is 30.5 Å². The number of pyridine rings is 1. The topological polar surface area (TPSA) is 42.0 Å². The Morgan fingerprint density at radius 1 is 1.60 bits per heavy atom. The number of hydrogen-bond donors (Lipinski definition) is 1. The average molecular weight is 225 g/mol. The third-order valence-corrected chi connectivity index (χ3v) is 2.05. The summed E-state index contributed by atoms with van der Waals surface area (Å²) < 4.78 is 0. The van der Waals surface area contributed by atoms with Crippen LogP contribution in [0.1, 0.15) is 23.7 Å². The first-order chi connectivity index (χ1) is 7.24. The van der Waals surface area contributed by atoms with Crippen LogP contribution in [0.4, 0.5) is 0 Å². The third-order valence-electron chi connectivity index (χ3n) is 1.82. The molecule has 0 saturated carbocycles. The molecule has 0 aliphatic rings. The molecule has 15 heavy (non-hydrogen) atoms. The van der Waals surface area contributed by atoms with Gasteiger partial charge in [0.15, 0.2) is 0 Å². The van der Waals surface area contributed by atoms with Gasteiger partial charge < -0.3 is 5.32 Å². The fourth-order valence-corrected chi connectivity index (χ4v) is 1.16. The minimum atomic E-state index is -0.122. The fourth-order valence-electron chi connectivity index (χ4n) is 1.05. The summed E-state index contributed by atoms with van der Waals surface area (Å²) in [5, 5.41) is 3.17. The van der Waals surface area contributed by atoms with Crippen molar-refractivity contribution in [2.24, 2.45) is 0 Å². The molecule has 0 bridgehead atoms. The highest BCUT2D eigenvalue weighted by Crippen LogP contribution is 2.04. The summed E-state index contributed by atoms with van der Waals surface area (Å²) >= 11 is 5.61. The molecule has 1 aromatic heterocycles. The van der Waals surface area contributed by atoms with E-state index in [4.69, 9.17) is 11.6 Å². The van der Waals surface area contributed by atoms with E-state index in [0.717, 1.165) is 6.42 Å². The lowest BCUT2D eigenvalue weighted by Gasteiger charge is -2.02. The number of nitrogens with one attached hydrogen (secondary N) is 1. The highest BCUT2D eigenvalue weighted by molar-refractivity contribution is 6.29. The van der Waals surface area contributed by atoms with Gasteiger partial charge in [0.25, 0.3) is 5.91 Å². The Bertz CT molecular complexity index is 346. The Kier molecular flexibility index (Phi) is 4.84. The molecule has 3 nitrogen and oxygen atoms in total. The lowest BCUT2D eigenvalue weighted by atomic mass is 10.2. The number of allylic oxidation sites excluding steroid dienone is 1. The molecule has 1 aromatic rings. The molecule has 1 rings (SSSR count). The lowest BCUT2D eigenvalue weighted by Crippen LogP contribution is -2.24. The molecule has 0 saturated heterocycles. The Hall–Kier alpha value is -1.35. The molecule has 0 aliphatic heterocycles. The van der Waals surface area contributed by atoms with E-state index in [0.29, 0.717) is 17.3 Å². The molecular weight excluding hydrogens is 212 g/mol. The van der Waals surface area contributed by atoms with Crippen LogP contribution >= 0.6 is 11.6 Å². The second kappa shape index (κ2) is 6.19. The second-order valence-corrected chi connectivity index (χ2v) is 3.37. The van der Waals surface area contributed by atoms with Gasteiger partial charge in [0.1, 0.15) is 5.15 Å². The first-order valence-corrected chi connectivity index (χ1v) is 5.12. The van der Waals surface area contributed by atoms with Crippen LogP contribution in [0.25, 0.3) is 0 Å². The van der Waals surface area contributed by atoms with Crippen LogP contribution in [0.5, 0.6) is 0 Å². The van der Waals surface area contributed by atoms with E-state index in [-0.39, 0.29) is 5.91 Å². The van der Waals surface area contributed by atoms with Gasteiger partial charge in [-0.15, -0.1) is 0 Å². The van der Waals surface area contributed by atoms with E-state index in [2.05, 4.69) is 10.3 Å². The zero-order valence-electron chi connectivity index (χ0n) is 8.53. The molecule has 1 heterocycles. The quantitative estimate of drug-likeness (QED) is 0.485. The molecule has 0 radical (unpaired) electrons. The minimum Gasteiger partial charge on any atom is -0.352 e. The molecule has 0 aliphatic carbocycles. The number of rotatable bonds is 4. The Balaban J connectivity index is 2.43. The molecule has 0 spiro atoms. The highest BCUT2D eigenvalue weighted by atomic mass is 35.5. The molecule has 0 fully saturated rings. The molecule has 0 unspecified atom stereocenters. The average Bonchev–Trinajstić information content (AvgIpc) is 2.25. The van der Waals surface area contributed by atoms with Crippen molar-refractivity contribution in [1.82, 2.24) is 10.3 Å². The Labute approximate surface area is 94.2 Å². The molecule has 4 heteroatoms. The van der Waals surface area contributed by atoms with E-state index in [1.54, 1.807) is 12.1 Å². The van der Waals surface area contributed by atoms with Crippen molar-refractivity contribution in [3.8, 4) is 0 Å². The molecule has 1 N–H and O–H groups in total. The van der Waals surface area contributed by atoms with E-state index >= 15 is 0 Å². The fraction of sp³-hybridized carbons (Fsp3) is 0.273. The van der Waals surface area contributed by atoms with E-state index in [9.17, 15) is 4.79 Å². The predicted molar refractivity (Wildman–Crippen MR) is 61.0 cm³/mol. The van der Waals surface area contributed by atoms with Crippen LogP contribution in [-0.2, 0) is 0 Å². The van der Waals surface area contributed by atoms with Crippen molar-refractivity contribution < 1.29 is 4.79 Å². The van der Waals surface area contributed by atoms with Crippen molar-refractivity contribution >= 4 is 17.5 Å².